The van der Waals surface area contributed by atoms with E-state index in [2.05, 4.69) is 11.1 Å². The second kappa shape index (κ2) is 4.95. The summed E-state index contributed by atoms with van der Waals surface area (Å²) in [6.45, 7) is 0. The first-order valence-electron chi connectivity index (χ1n) is 5.31. The molecule has 0 unspecified atom stereocenters. The van der Waals surface area contributed by atoms with Crippen molar-refractivity contribution in [3.05, 3.63) is 28.0 Å². The Morgan fingerprint density at radius 1 is 1.35 bits per heavy atom. The molecule has 17 heavy (non-hydrogen) atoms. The maximum absolute atomic E-state index is 8.51. The van der Waals surface area contributed by atoms with Gasteiger partial charge in [-0.15, -0.1) is 0 Å². The molecular weight excluding hydrogens is 257 g/mol. The van der Waals surface area contributed by atoms with Crippen LogP contribution >= 0.6 is 23.2 Å². The number of nitrogens with zero attached hydrogens (tertiary/aromatic N) is 3. The van der Waals surface area contributed by atoms with Gasteiger partial charge in [-0.05, 0) is 18.6 Å². The van der Waals surface area contributed by atoms with E-state index in [1.54, 1.807) is 6.07 Å². The van der Waals surface area contributed by atoms with Crippen LogP contribution in [0.3, 0.4) is 0 Å². The van der Waals surface area contributed by atoms with Gasteiger partial charge in [0.2, 0.25) is 0 Å². The van der Waals surface area contributed by atoms with Gasteiger partial charge in [0.15, 0.2) is 0 Å². The van der Waals surface area contributed by atoms with Crippen molar-refractivity contribution < 1.29 is 0 Å². The van der Waals surface area contributed by atoms with E-state index in [-0.39, 0.29) is 0 Å². The highest BCUT2D eigenvalue weighted by Gasteiger charge is 2.10. The molecule has 0 saturated carbocycles. The zero-order valence-electron chi connectivity index (χ0n) is 9.37. The van der Waals surface area contributed by atoms with Crippen molar-refractivity contribution in [1.29, 1.82) is 5.26 Å². The maximum Gasteiger partial charge on any atom is 0.109 e. The summed E-state index contributed by atoms with van der Waals surface area (Å²) in [4.78, 5) is 4.50. The Balaban J connectivity index is 2.39. The molecule has 0 N–H and O–H groups in total. The Bertz CT molecular complexity index is 596. The number of aromatic nitrogens is 2. The summed E-state index contributed by atoms with van der Waals surface area (Å²) >= 11 is 11.9. The second-order valence-electron chi connectivity index (χ2n) is 3.85. The molecule has 3 nitrogen and oxygen atoms in total. The SMILES string of the molecule is Cn1c(CCCC#N)nc2cc(Cl)c(Cl)cc21. The minimum absolute atomic E-state index is 0.515. The topological polar surface area (TPSA) is 41.6 Å². The standard InChI is InChI=1S/C12H11Cl2N3/c1-17-11-7-9(14)8(13)6-10(11)16-12(17)4-2-3-5-15/h6-7H,2-4H2,1H3. The molecule has 0 amide bonds. The largest absolute Gasteiger partial charge is 0.331 e. The van der Waals surface area contributed by atoms with Crippen LogP contribution in [-0.4, -0.2) is 9.55 Å². The van der Waals surface area contributed by atoms with Gasteiger partial charge in [0.25, 0.3) is 0 Å². The summed E-state index contributed by atoms with van der Waals surface area (Å²) < 4.78 is 1.99. The van der Waals surface area contributed by atoms with Crippen molar-refractivity contribution in [2.75, 3.05) is 0 Å². The van der Waals surface area contributed by atoms with Crippen LogP contribution in [0.2, 0.25) is 10.0 Å². The smallest absolute Gasteiger partial charge is 0.109 e. The van der Waals surface area contributed by atoms with Gasteiger partial charge in [-0.25, -0.2) is 4.98 Å². The lowest BCUT2D eigenvalue weighted by atomic mass is 10.2. The number of fused-ring (bicyclic) bond motifs is 1. The summed E-state index contributed by atoms with van der Waals surface area (Å²) in [5.74, 6) is 0.952. The monoisotopic (exact) mass is 267 g/mol. The second-order valence-corrected chi connectivity index (χ2v) is 4.67. The molecule has 0 aliphatic carbocycles. The zero-order valence-corrected chi connectivity index (χ0v) is 10.9. The average Bonchev–Trinajstić information content (AvgIpc) is 2.58. The summed E-state index contributed by atoms with van der Waals surface area (Å²) in [6, 6.07) is 5.72. The first-order valence-corrected chi connectivity index (χ1v) is 6.06. The van der Waals surface area contributed by atoms with Crippen molar-refractivity contribution in [3.63, 3.8) is 0 Å². The molecule has 0 atom stereocenters. The van der Waals surface area contributed by atoms with E-state index in [1.165, 1.54) is 0 Å². The van der Waals surface area contributed by atoms with Crippen LogP contribution in [0.15, 0.2) is 12.1 Å². The van der Waals surface area contributed by atoms with Crippen LogP contribution in [0, 0.1) is 11.3 Å². The number of halogens is 2. The third kappa shape index (κ3) is 2.38. The van der Waals surface area contributed by atoms with Crippen molar-refractivity contribution in [2.24, 2.45) is 7.05 Å². The number of nitriles is 1. The molecule has 0 aliphatic rings. The Morgan fingerprint density at radius 3 is 2.76 bits per heavy atom. The van der Waals surface area contributed by atoms with E-state index in [9.17, 15) is 0 Å². The molecule has 0 radical (unpaired) electrons. The van der Waals surface area contributed by atoms with Crippen LogP contribution in [0.5, 0.6) is 0 Å². The van der Waals surface area contributed by atoms with Gasteiger partial charge < -0.3 is 4.57 Å². The Hall–Kier alpha value is -1.24. The lowest BCUT2D eigenvalue weighted by Gasteiger charge is -2.01. The van der Waals surface area contributed by atoms with Gasteiger partial charge >= 0.3 is 0 Å². The molecule has 2 rings (SSSR count). The van der Waals surface area contributed by atoms with E-state index in [4.69, 9.17) is 28.5 Å². The van der Waals surface area contributed by atoms with E-state index in [0.29, 0.717) is 16.5 Å². The fourth-order valence-electron chi connectivity index (χ4n) is 1.79. The maximum atomic E-state index is 8.51. The number of imidazole rings is 1. The number of aryl methyl sites for hydroxylation is 2. The molecule has 0 spiro atoms. The minimum Gasteiger partial charge on any atom is -0.331 e. The number of rotatable bonds is 3. The van der Waals surface area contributed by atoms with Crippen LogP contribution in [0.25, 0.3) is 11.0 Å². The molecule has 1 aromatic heterocycles. The number of hydrogen-bond donors (Lipinski definition) is 0. The highest BCUT2D eigenvalue weighted by Crippen LogP contribution is 2.28. The summed E-state index contributed by atoms with van der Waals surface area (Å²) in [7, 11) is 1.95. The van der Waals surface area contributed by atoms with Crippen molar-refractivity contribution >= 4 is 34.2 Å². The highest BCUT2D eigenvalue weighted by molar-refractivity contribution is 6.42. The number of hydrogen-bond acceptors (Lipinski definition) is 2. The Morgan fingerprint density at radius 2 is 2.06 bits per heavy atom. The predicted octanol–water partition coefficient (Wildman–Crippen LogP) is 3.73. The fourth-order valence-corrected chi connectivity index (χ4v) is 2.10. The number of unbranched alkanes of at least 4 members (excludes halogenated alkanes) is 1. The van der Waals surface area contributed by atoms with Crippen molar-refractivity contribution in [1.82, 2.24) is 9.55 Å². The van der Waals surface area contributed by atoms with E-state index < -0.39 is 0 Å². The third-order valence-corrected chi connectivity index (χ3v) is 3.43. The molecule has 0 aliphatic heterocycles. The fraction of sp³-hybridized carbons (Fsp3) is 0.333. The Labute approximate surface area is 110 Å². The first-order chi connectivity index (χ1) is 8.13. The lowest BCUT2D eigenvalue weighted by Crippen LogP contribution is -1.97. The van der Waals surface area contributed by atoms with Crippen LogP contribution in [-0.2, 0) is 13.5 Å². The van der Waals surface area contributed by atoms with Gasteiger partial charge in [-0.2, -0.15) is 5.26 Å². The van der Waals surface area contributed by atoms with Crippen LogP contribution in [0.4, 0.5) is 0 Å². The normalized spacial score (nSPS) is 10.7. The van der Waals surface area contributed by atoms with Gasteiger partial charge in [0.1, 0.15) is 5.82 Å². The molecule has 2 aromatic rings. The van der Waals surface area contributed by atoms with E-state index >= 15 is 0 Å². The molecule has 88 valence electrons. The van der Waals surface area contributed by atoms with E-state index in [0.717, 1.165) is 29.7 Å². The lowest BCUT2D eigenvalue weighted by molar-refractivity contribution is 0.746. The molecule has 5 heteroatoms. The van der Waals surface area contributed by atoms with Gasteiger partial charge in [0.05, 0.1) is 27.1 Å². The highest BCUT2D eigenvalue weighted by atomic mass is 35.5. The first kappa shape index (κ1) is 12.2. The molecule has 1 aromatic carbocycles. The summed E-state index contributed by atoms with van der Waals surface area (Å²) in [5.41, 5.74) is 1.81. The Kier molecular flexibility index (Phi) is 3.56. The molecule has 1 heterocycles. The van der Waals surface area contributed by atoms with Crippen molar-refractivity contribution in [3.8, 4) is 6.07 Å². The van der Waals surface area contributed by atoms with Gasteiger partial charge in [0, 0.05) is 19.9 Å². The molecular formula is C12H11Cl2N3. The van der Waals surface area contributed by atoms with Crippen LogP contribution in [0.1, 0.15) is 18.7 Å². The molecule has 0 fully saturated rings. The third-order valence-electron chi connectivity index (χ3n) is 2.70. The molecule has 0 bridgehead atoms. The summed E-state index contributed by atoms with van der Waals surface area (Å²) in [5, 5.41) is 9.56. The van der Waals surface area contributed by atoms with E-state index in [1.807, 2.05) is 17.7 Å². The predicted molar refractivity (Wildman–Crippen MR) is 69.3 cm³/mol. The average molecular weight is 268 g/mol. The van der Waals surface area contributed by atoms with Gasteiger partial charge in [-0.3, -0.25) is 0 Å². The van der Waals surface area contributed by atoms with Crippen molar-refractivity contribution in [2.45, 2.75) is 19.3 Å². The molecule has 0 saturated heterocycles. The zero-order chi connectivity index (χ0) is 12.4. The summed E-state index contributed by atoms with van der Waals surface area (Å²) in [6.07, 6.45) is 2.15. The van der Waals surface area contributed by atoms with Crippen LogP contribution < -0.4 is 0 Å². The quantitative estimate of drug-likeness (QED) is 0.796. The minimum atomic E-state index is 0.515. The van der Waals surface area contributed by atoms with Gasteiger partial charge in [-0.1, -0.05) is 23.2 Å². The number of benzene rings is 1.